The number of likely N-dealkylation sites (tertiary alicyclic amines) is 1. The lowest BCUT2D eigenvalue weighted by Crippen LogP contribution is -2.39. The smallest absolute Gasteiger partial charge is 0.254 e. The molecule has 98 valence electrons. The predicted octanol–water partition coefficient (Wildman–Crippen LogP) is 3.45. The van der Waals surface area contributed by atoms with Crippen LogP contribution in [-0.4, -0.2) is 27.9 Å². The lowest BCUT2D eigenvalue weighted by atomic mass is 10.1. The normalized spacial score (nSPS) is 23.4. The van der Waals surface area contributed by atoms with Crippen molar-refractivity contribution < 1.29 is 4.79 Å². The zero-order chi connectivity index (χ0) is 13.3. The molecule has 1 aliphatic rings. The van der Waals surface area contributed by atoms with Gasteiger partial charge in [-0.25, -0.2) is 4.98 Å². The van der Waals surface area contributed by atoms with E-state index in [1.54, 1.807) is 6.07 Å². The molecule has 2 heterocycles. The van der Waals surface area contributed by atoms with Crippen molar-refractivity contribution in [2.45, 2.75) is 52.1 Å². The van der Waals surface area contributed by atoms with E-state index in [1.165, 1.54) is 0 Å². The van der Waals surface area contributed by atoms with Crippen molar-refractivity contribution in [2.75, 3.05) is 0 Å². The van der Waals surface area contributed by atoms with Gasteiger partial charge in [-0.3, -0.25) is 4.79 Å². The molecule has 0 bridgehead atoms. The van der Waals surface area contributed by atoms with Crippen LogP contribution < -0.4 is 0 Å². The van der Waals surface area contributed by atoms with Crippen LogP contribution in [0.1, 0.15) is 49.2 Å². The number of nitrogens with zero attached hydrogens (tertiary/aromatic N) is 2. The molecule has 0 saturated carbocycles. The van der Waals surface area contributed by atoms with Gasteiger partial charge < -0.3 is 4.90 Å². The number of aromatic nitrogens is 1. The third kappa shape index (κ3) is 2.51. The SMILES string of the molecule is CCC1CCC(C)N1C(=O)c1cc(C)nc(Cl)c1. The summed E-state index contributed by atoms with van der Waals surface area (Å²) in [5, 5.41) is 0.387. The molecule has 0 radical (unpaired) electrons. The summed E-state index contributed by atoms with van der Waals surface area (Å²) >= 11 is 5.93. The largest absolute Gasteiger partial charge is 0.333 e. The molecular formula is C14H19ClN2O. The fraction of sp³-hybridized carbons (Fsp3) is 0.571. The highest BCUT2D eigenvalue weighted by atomic mass is 35.5. The average Bonchev–Trinajstić information content (AvgIpc) is 2.68. The lowest BCUT2D eigenvalue weighted by molar-refractivity contribution is 0.0676. The first-order valence-electron chi connectivity index (χ1n) is 6.49. The first-order valence-corrected chi connectivity index (χ1v) is 6.87. The zero-order valence-corrected chi connectivity index (χ0v) is 11.9. The molecule has 2 unspecified atom stereocenters. The van der Waals surface area contributed by atoms with Crippen molar-refractivity contribution in [3.8, 4) is 0 Å². The van der Waals surface area contributed by atoms with Crippen LogP contribution >= 0.6 is 11.6 Å². The Morgan fingerprint density at radius 3 is 2.83 bits per heavy atom. The summed E-state index contributed by atoms with van der Waals surface area (Å²) in [5.74, 6) is 0.0826. The van der Waals surface area contributed by atoms with E-state index < -0.39 is 0 Å². The van der Waals surface area contributed by atoms with Gasteiger partial charge in [0.15, 0.2) is 0 Å². The molecule has 0 spiro atoms. The number of carbonyl (C=O) groups excluding carboxylic acids is 1. The van der Waals surface area contributed by atoms with Gasteiger partial charge >= 0.3 is 0 Å². The first-order chi connectivity index (χ1) is 8.52. The van der Waals surface area contributed by atoms with Crippen molar-refractivity contribution in [1.82, 2.24) is 9.88 Å². The average molecular weight is 267 g/mol. The van der Waals surface area contributed by atoms with E-state index in [2.05, 4.69) is 18.8 Å². The van der Waals surface area contributed by atoms with Gasteiger partial charge in [0.2, 0.25) is 0 Å². The molecule has 2 rings (SSSR count). The maximum absolute atomic E-state index is 12.6. The molecule has 0 aliphatic carbocycles. The molecule has 18 heavy (non-hydrogen) atoms. The fourth-order valence-corrected chi connectivity index (χ4v) is 2.99. The number of rotatable bonds is 2. The number of hydrogen-bond acceptors (Lipinski definition) is 2. The molecule has 1 aromatic rings. The zero-order valence-electron chi connectivity index (χ0n) is 11.1. The summed E-state index contributed by atoms with van der Waals surface area (Å²) in [6.07, 6.45) is 3.19. The number of halogens is 1. The van der Waals surface area contributed by atoms with Crippen molar-refractivity contribution in [3.63, 3.8) is 0 Å². The predicted molar refractivity (Wildman–Crippen MR) is 72.9 cm³/mol. The topological polar surface area (TPSA) is 33.2 Å². The van der Waals surface area contributed by atoms with Crippen molar-refractivity contribution in [2.24, 2.45) is 0 Å². The summed E-state index contributed by atoms with van der Waals surface area (Å²) in [6.45, 7) is 6.10. The minimum atomic E-state index is 0.0826. The number of carbonyl (C=O) groups is 1. The van der Waals surface area contributed by atoms with Crippen molar-refractivity contribution >= 4 is 17.5 Å². The first kappa shape index (κ1) is 13.3. The van der Waals surface area contributed by atoms with Crippen LogP contribution in [0.3, 0.4) is 0 Å². The lowest BCUT2D eigenvalue weighted by Gasteiger charge is -2.28. The highest BCUT2D eigenvalue weighted by Crippen LogP contribution is 2.28. The van der Waals surface area contributed by atoms with E-state index in [1.807, 2.05) is 17.9 Å². The van der Waals surface area contributed by atoms with Gasteiger partial charge in [-0.05, 0) is 45.2 Å². The molecule has 2 atom stereocenters. The third-order valence-corrected chi connectivity index (χ3v) is 3.85. The summed E-state index contributed by atoms with van der Waals surface area (Å²) in [7, 11) is 0. The molecule has 1 fully saturated rings. The fourth-order valence-electron chi connectivity index (χ4n) is 2.74. The Balaban J connectivity index is 2.29. The van der Waals surface area contributed by atoms with Gasteiger partial charge in [0, 0.05) is 23.3 Å². The van der Waals surface area contributed by atoms with Crippen LogP contribution in [0.25, 0.3) is 0 Å². The maximum atomic E-state index is 12.6. The van der Waals surface area contributed by atoms with Gasteiger partial charge in [-0.15, -0.1) is 0 Å². The second kappa shape index (κ2) is 5.27. The summed E-state index contributed by atoms with van der Waals surface area (Å²) in [6, 6.07) is 4.15. The highest BCUT2D eigenvalue weighted by Gasteiger charge is 2.33. The van der Waals surface area contributed by atoms with E-state index in [-0.39, 0.29) is 5.91 Å². The molecule has 1 aliphatic heterocycles. The van der Waals surface area contributed by atoms with Crippen LogP contribution in [0.5, 0.6) is 0 Å². The Labute approximate surface area is 113 Å². The third-order valence-electron chi connectivity index (χ3n) is 3.66. The van der Waals surface area contributed by atoms with Gasteiger partial charge in [0.25, 0.3) is 5.91 Å². The number of amides is 1. The molecule has 1 saturated heterocycles. The van der Waals surface area contributed by atoms with Crippen LogP contribution in [0.4, 0.5) is 0 Å². The molecule has 1 amide bonds. The molecule has 4 heteroatoms. The second-order valence-electron chi connectivity index (χ2n) is 5.02. The number of hydrogen-bond donors (Lipinski definition) is 0. The molecule has 3 nitrogen and oxygen atoms in total. The molecular weight excluding hydrogens is 248 g/mol. The van der Waals surface area contributed by atoms with Crippen LogP contribution in [0.2, 0.25) is 5.15 Å². The van der Waals surface area contributed by atoms with Crippen molar-refractivity contribution in [3.05, 3.63) is 28.5 Å². The van der Waals surface area contributed by atoms with Gasteiger partial charge in [0.05, 0.1) is 0 Å². The van der Waals surface area contributed by atoms with E-state index in [4.69, 9.17) is 11.6 Å². The second-order valence-corrected chi connectivity index (χ2v) is 5.41. The summed E-state index contributed by atoms with van der Waals surface area (Å²) < 4.78 is 0. The number of aryl methyl sites for hydroxylation is 1. The Morgan fingerprint density at radius 2 is 2.22 bits per heavy atom. The minimum absolute atomic E-state index is 0.0826. The number of pyridine rings is 1. The Kier molecular flexibility index (Phi) is 3.91. The Morgan fingerprint density at radius 1 is 1.50 bits per heavy atom. The maximum Gasteiger partial charge on any atom is 0.254 e. The van der Waals surface area contributed by atoms with Crippen LogP contribution in [0, 0.1) is 6.92 Å². The van der Waals surface area contributed by atoms with Gasteiger partial charge in [-0.2, -0.15) is 0 Å². The van der Waals surface area contributed by atoms with Crippen LogP contribution in [-0.2, 0) is 0 Å². The Bertz CT molecular complexity index is 441. The molecule has 0 aromatic carbocycles. The monoisotopic (exact) mass is 266 g/mol. The highest BCUT2D eigenvalue weighted by molar-refractivity contribution is 6.29. The standard InChI is InChI=1S/C14H19ClN2O/c1-4-12-6-5-10(3)17(12)14(18)11-7-9(2)16-13(15)8-11/h7-8,10,12H,4-6H2,1-3H3. The van der Waals surface area contributed by atoms with E-state index in [9.17, 15) is 4.79 Å². The minimum Gasteiger partial charge on any atom is -0.333 e. The van der Waals surface area contributed by atoms with Gasteiger partial charge in [-0.1, -0.05) is 18.5 Å². The summed E-state index contributed by atoms with van der Waals surface area (Å²) in [5.41, 5.74) is 1.44. The molecule has 1 aromatic heterocycles. The summed E-state index contributed by atoms with van der Waals surface area (Å²) in [4.78, 5) is 18.7. The van der Waals surface area contributed by atoms with Crippen LogP contribution in [0.15, 0.2) is 12.1 Å². The van der Waals surface area contributed by atoms with Crippen molar-refractivity contribution in [1.29, 1.82) is 0 Å². The van der Waals surface area contributed by atoms with E-state index in [0.717, 1.165) is 25.0 Å². The quantitative estimate of drug-likeness (QED) is 0.768. The van der Waals surface area contributed by atoms with Gasteiger partial charge in [0.1, 0.15) is 5.15 Å². The van der Waals surface area contributed by atoms with E-state index >= 15 is 0 Å². The molecule has 0 N–H and O–H groups in total. The van der Waals surface area contributed by atoms with E-state index in [0.29, 0.717) is 22.8 Å². The Hall–Kier alpha value is -1.09.